The number of ether oxygens (including phenoxy) is 1. The molecule has 1 heterocycles. The Labute approximate surface area is 154 Å². The molecule has 0 saturated heterocycles. The molecule has 0 spiro atoms. The van der Waals surface area contributed by atoms with E-state index in [0.29, 0.717) is 18.1 Å². The Morgan fingerprint density at radius 2 is 1.92 bits per heavy atom. The van der Waals surface area contributed by atoms with Crippen LogP contribution in [-0.2, 0) is 21.4 Å². The van der Waals surface area contributed by atoms with Gasteiger partial charge in [-0.2, -0.15) is 0 Å². The minimum absolute atomic E-state index is 0.0160. The summed E-state index contributed by atoms with van der Waals surface area (Å²) >= 11 is 0. The highest BCUT2D eigenvalue weighted by molar-refractivity contribution is 7.89. The van der Waals surface area contributed by atoms with Gasteiger partial charge < -0.3 is 14.1 Å². The van der Waals surface area contributed by atoms with E-state index in [4.69, 9.17) is 9.15 Å². The Bertz CT molecular complexity index is 799. The van der Waals surface area contributed by atoms with Crippen molar-refractivity contribution in [2.45, 2.75) is 38.3 Å². The average Bonchev–Trinajstić information content (AvgIpc) is 3.06. The van der Waals surface area contributed by atoms with E-state index in [0.717, 1.165) is 0 Å². The van der Waals surface area contributed by atoms with E-state index in [1.165, 1.54) is 30.2 Å². The number of hydrogen-bond acceptors (Lipinski definition) is 5. The van der Waals surface area contributed by atoms with Gasteiger partial charge in [0.05, 0.1) is 23.8 Å². The predicted molar refractivity (Wildman–Crippen MR) is 97.2 cm³/mol. The van der Waals surface area contributed by atoms with Gasteiger partial charge in [-0.3, -0.25) is 4.79 Å². The van der Waals surface area contributed by atoms with Gasteiger partial charge in [-0.25, -0.2) is 13.1 Å². The van der Waals surface area contributed by atoms with Crippen LogP contribution in [0.4, 0.5) is 0 Å². The van der Waals surface area contributed by atoms with Crippen molar-refractivity contribution >= 4 is 15.9 Å². The van der Waals surface area contributed by atoms with Crippen LogP contribution in [0.1, 0.15) is 26.5 Å². The Balaban J connectivity index is 1.92. The summed E-state index contributed by atoms with van der Waals surface area (Å²) < 4.78 is 38.0. The van der Waals surface area contributed by atoms with Crippen molar-refractivity contribution in [3.63, 3.8) is 0 Å². The standard InChI is InChI=1S/C18H24N2O5S/c1-14(2)25-16-6-8-18(9-7-16)26(22,23)19-10-11-20(15(3)21)13-17-5-4-12-24-17/h4-9,12,14,19H,10-11,13H2,1-3H3. The van der Waals surface area contributed by atoms with Crippen LogP contribution >= 0.6 is 0 Å². The summed E-state index contributed by atoms with van der Waals surface area (Å²) in [7, 11) is -3.66. The fourth-order valence-corrected chi connectivity index (χ4v) is 3.33. The van der Waals surface area contributed by atoms with Gasteiger partial charge in [0.15, 0.2) is 0 Å². The van der Waals surface area contributed by atoms with Crippen molar-refractivity contribution in [1.29, 1.82) is 0 Å². The zero-order valence-electron chi connectivity index (χ0n) is 15.1. The van der Waals surface area contributed by atoms with E-state index >= 15 is 0 Å². The second-order valence-corrected chi connectivity index (χ2v) is 7.82. The van der Waals surface area contributed by atoms with E-state index in [2.05, 4.69) is 4.72 Å². The van der Waals surface area contributed by atoms with Crippen LogP contribution in [-0.4, -0.2) is 38.4 Å². The maximum absolute atomic E-state index is 12.4. The first-order chi connectivity index (χ1) is 12.3. The Morgan fingerprint density at radius 3 is 2.46 bits per heavy atom. The van der Waals surface area contributed by atoms with Gasteiger partial charge in [0.1, 0.15) is 11.5 Å². The van der Waals surface area contributed by atoms with Gasteiger partial charge in [-0.05, 0) is 50.2 Å². The lowest BCUT2D eigenvalue weighted by Gasteiger charge is -2.20. The third-order valence-electron chi connectivity index (χ3n) is 3.55. The van der Waals surface area contributed by atoms with Gasteiger partial charge >= 0.3 is 0 Å². The van der Waals surface area contributed by atoms with Crippen molar-refractivity contribution in [3.8, 4) is 5.75 Å². The minimum Gasteiger partial charge on any atom is -0.491 e. The number of carbonyl (C=O) groups excluding carboxylic acids is 1. The Kier molecular flexibility index (Phi) is 6.82. The molecule has 1 aromatic carbocycles. The van der Waals surface area contributed by atoms with Crippen molar-refractivity contribution in [3.05, 3.63) is 48.4 Å². The van der Waals surface area contributed by atoms with Crippen LogP contribution in [0.25, 0.3) is 0 Å². The summed E-state index contributed by atoms with van der Waals surface area (Å²) in [4.78, 5) is 13.4. The summed E-state index contributed by atoms with van der Waals surface area (Å²) in [6, 6.07) is 9.72. The van der Waals surface area contributed by atoms with Crippen LogP contribution in [0.15, 0.2) is 52.0 Å². The highest BCUT2D eigenvalue weighted by Gasteiger charge is 2.16. The largest absolute Gasteiger partial charge is 0.491 e. The van der Waals surface area contributed by atoms with Crippen LogP contribution in [0.3, 0.4) is 0 Å². The predicted octanol–water partition coefficient (Wildman–Crippen LogP) is 2.39. The van der Waals surface area contributed by atoms with Crippen molar-refractivity contribution in [2.75, 3.05) is 13.1 Å². The van der Waals surface area contributed by atoms with Crippen molar-refractivity contribution in [2.24, 2.45) is 0 Å². The maximum Gasteiger partial charge on any atom is 0.240 e. The normalized spacial score (nSPS) is 11.5. The lowest BCUT2D eigenvalue weighted by atomic mass is 10.3. The van der Waals surface area contributed by atoms with E-state index in [9.17, 15) is 13.2 Å². The summed E-state index contributed by atoms with van der Waals surface area (Å²) in [5.74, 6) is 1.10. The molecule has 1 N–H and O–H groups in total. The first-order valence-electron chi connectivity index (χ1n) is 8.32. The number of nitrogens with one attached hydrogen (secondary N) is 1. The molecule has 1 aromatic heterocycles. The number of carbonyl (C=O) groups is 1. The number of amides is 1. The molecule has 0 aliphatic rings. The van der Waals surface area contributed by atoms with Crippen molar-refractivity contribution in [1.82, 2.24) is 9.62 Å². The van der Waals surface area contributed by atoms with E-state index in [-0.39, 0.29) is 30.0 Å². The zero-order valence-corrected chi connectivity index (χ0v) is 16.0. The smallest absolute Gasteiger partial charge is 0.240 e. The molecule has 2 rings (SSSR count). The molecule has 0 saturated carbocycles. The average molecular weight is 380 g/mol. The molecular weight excluding hydrogens is 356 g/mol. The number of rotatable bonds is 9. The van der Waals surface area contributed by atoms with Crippen LogP contribution < -0.4 is 9.46 Å². The molecule has 0 aliphatic carbocycles. The van der Waals surface area contributed by atoms with E-state index in [1.54, 1.807) is 24.3 Å². The van der Waals surface area contributed by atoms with Gasteiger partial charge in [-0.1, -0.05) is 0 Å². The highest BCUT2D eigenvalue weighted by atomic mass is 32.2. The fourth-order valence-electron chi connectivity index (χ4n) is 2.31. The van der Waals surface area contributed by atoms with Crippen LogP contribution in [0.2, 0.25) is 0 Å². The number of hydrogen-bond donors (Lipinski definition) is 1. The van der Waals surface area contributed by atoms with Crippen molar-refractivity contribution < 1.29 is 22.4 Å². The summed E-state index contributed by atoms with van der Waals surface area (Å²) in [5.41, 5.74) is 0. The third-order valence-corrected chi connectivity index (χ3v) is 5.03. The maximum atomic E-state index is 12.4. The van der Waals surface area contributed by atoms with Gasteiger partial charge in [0.2, 0.25) is 15.9 Å². The SMILES string of the molecule is CC(=O)N(CCNS(=O)(=O)c1ccc(OC(C)C)cc1)Cc1ccco1. The van der Waals surface area contributed by atoms with Gasteiger partial charge in [0.25, 0.3) is 0 Å². The van der Waals surface area contributed by atoms with Gasteiger partial charge in [-0.15, -0.1) is 0 Å². The lowest BCUT2D eigenvalue weighted by molar-refractivity contribution is -0.129. The Morgan fingerprint density at radius 1 is 1.23 bits per heavy atom. The first kappa shape index (κ1) is 20.0. The summed E-state index contributed by atoms with van der Waals surface area (Å²) in [6.45, 7) is 5.87. The van der Waals surface area contributed by atoms with Crippen LogP contribution in [0.5, 0.6) is 5.75 Å². The summed E-state index contributed by atoms with van der Waals surface area (Å²) in [6.07, 6.45) is 1.55. The quantitative estimate of drug-likeness (QED) is 0.722. The minimum atomic E-state index is -3.66. The van der Waals surface area contributed by atoms with Gasteiger partial charge in [0, 0.05) is 20.0 Å². The second-order valence-electron chi connectivity index (χ2n) is 6.06. The molecule has 26 heavy (non-hydrogen) atoms. The first-order valence-corrected chi connectivity index (χ1v) is 9.80. The molecule has 0 aliphatic heterocycles. The van der Waals surface area contributed by atoms with E-state index in [1.807, 2.05) is 13.8 Å². The van der Waals surface area contributed by atoms with E-state index < -0.39 is 10.0 Å². The molecule has 0 unspecified atom stereocenters. The number of furan rings is 1. The monoisotopic (exact) mass is 380 g/mol. The zero-order chi connectivity index (χ0) is 19.2. The molecule has 7 nitrogen and oxygen atoms in total. The fraction of sp³-hybridized carbons (Fsp3) is 0.389. The topological polar surface area (TPSA) is 88.9 Å². The molecule has 2 aromatic rings. The molecule has 0 atom stereocenters. The molecule has 0 bridgehead atoms. The number of nitrogens with zero attached hydrogens (tertiary/aromatic N) is 1. The highest BCUT2D eigenvalue weighted by Crippen LogP contribution is 2.17. The number of sulfonamides is 1. The van der Waals surface area contributed by atoms with Crippen LogP contribution in [0, 0.1) is 0 Å². The molecular formula is C18H24N2O5S. The lowest BCUT2D eigenvalue weighted by Crippen LogP contribution is -2.37. The summed E-state index contributed by atoms with van der Waals surface area (Å²) in [5, 5.41) is 0. The molecule has 0 radical (unpaired) electrons. The number of benzene rings is 1. The Hall–Kier alpha value is -2.32. The molecule has 142 valence electrons. The third kappa shape index (κ3) is 5.89. The molecule has 0 fully saturated rings. The molecule has 8 heteroatoms. The second kappa shape index (κ2) is 8.86. The molecule has 1 amide bonds.